The number of carbonyl (C=O) groups is 6. The first-order chi connectivity index (χ1) is 37.1. The van der Waals surface area contributed by atoms with Crippen molar-refractivity contribution in [1.82, 2.24) is 14.7 Å². The van der Waals surface area contributed by atoms with Crippen LogP contribution in [0, 0.1) is 0 Å². The maximum absolute atomic E-state index is 11.8. The van der Waals surface area contributed by atoms with E-state index in [1.165, 1.54) is 146 Å². The molecule has 80 heavy (non-hydrogen) atoms. The van der Waals surface area contributed by atoms with Gasteiger partial charge in [-0.25, -0.2) is 0 Å². The first-order valence-electron chi connectivity index (χ1n) is 23.4. The predicted molar refractivity (Wildman–Crippen MR) is 262 cm³/mol. The molecule has 6 unspecified atom stereocenters. The van der Waals surface area contributed by atoms with Crippen LogP contribution < -0.4 is 47.8 Å². The number of aliphatic carboxylic acids is 6. The Morgan fingerprint density at radius 1 is 0.300 bits per heavy atom. The topological polar surface area (TPSA) is 450 Å². The van der Waals surface area contributed by atoms with E-state index in [-0.39, 0.29) is 141 Å². The van der Waals surface area contributed by atoms with Gasteiger partial charge in [-0.1, -0.05) is 109 Å². The fraction of sp³-hybridized carbons (Fsp3) is 0.222. The second kappa shape index (κ2) is 32.6. The first kappa shape index (κ1) is 67.8. The molecule has 0 saturated carbocycles. The van der Waals surface area contributed by atoms with Crippen molar-refractivity contribution < 1.29 is 124 Å². The van der Waals surface area contributed by atoms with Gasteiger partial charge in [-0.2, -0.15) is 0 Å². The van der Waals surface area contributed by atoms with E-state index in [0.29, 0.717) is 0 Å². The third-order valence-electron chi connectivity index (χ3n) is 11.9. The maximum atomic E-state index is 11.8. The minimum Gasteiger partial charge on any atom is -0.548 e. The molecule has 0 saturated heterocycles. The Hall–Kier alpha value is -8.26. The van der Waals surface area contributed by atoms with E-state index in [1.807, 2.05) is 0 Å². The van der Waals surface area contributed by atoms with Gasteiger partial charge in [0.1, 0.15) is 34.5 Å². The normalized spacial score (nSPS) is 13.0. The molecule has 0 aliphatic heterocycles. The molecule has 0 aromatic heterocycles. The summed E-state index contributed by atoms with van der Waals surface area (Å²) in [6, 6.07) is 24.0. The van der Waals surface area contributed by atoms with Crippen LogP contribution in [-0.4, -0.2) is 120 Å². The van der Waals surface area contributed by atoms with Gasteiger partial charge in [0.05, 0.1) is 72.1 Å². The third-order valence-corrected chi connectivity index (χ3v) is 11.9. The zero-order valence-corrected chi connectivity index (χ0v) is 44.1. The zero-order chi connectivity index (χ0) is 57.8. The fourth-order valence-corrected chi connectivity index (χ4v) is 8.63. The van der Waals surface area contributed by atoms with Gasteiger partial charge >= 0.3 is 34.1 Å². The predicted octanol–water partition coefficient (Wildman–Crippen LogP) is -4.08. The van der Waals surface area contributed by atoms with Crippen LogP contribution in [-0.2, 0) is 62.9 Å². The van der Waals surface area contributed by atoms with E-state index in [9.17, 15) is 90.0 Å². The summed E-state index contributed by atoms with van der Waals surface area (Å²) in [4.78, 5) is 74.0. The van der Waals surface area contributed by atoms with E-state index in [1.54, 1.807) is 0 Å². The van der Waals surface area contributed by atoms with Crippen LogP contribution in [0.25, 0.3) is 0 Å². The van der Waals surface area contributed by atoms with Crippen molar-refractivity contribution in [2.75, 3.05) is 39.3 Å². The number of rotatable bonds is 24. The number of carboxylic acid groups (broad SMARTS) is 6. The minimum atomic E-state index is -1.62. The third kappa shape index (κ3) is 17.1. The molecular formula is C54H54Fe2N6O18. The Balaban J connectivity index is 0.000000405. The fourth-order valence-electron chi connectivity index (χ4n) is 8.63. The Morgan fingerprint density at radius 2 is 0.425 bits per heavy atom. The molecular weight excluding hydrogens is 1130 g/mol. The van der Waals surface area contributed by atoms with Gasteiger partial charge in [0, 0.05) is 72.6 Å². The Labute approximate surface area is 478 Å². The molecule has 12 N–H and O–H groups in total. The summed E-state index contributed by atoms with van der Waals surface area (Å²) in [6.45, 7) is -0.724. The van der Waals surface area contributed by atoms with Crippen LogP contribution in [0.5, 0.6) is 34.5 Å². The van der Waals surface area contributed by atoms with E-state index < -0.39 is 72.1 Å². The van der Waals surface area contributed by atoms with Gasteiger partial charge in [0.25, 0.3) is 0 Å². The molecule has 6 aromatic carbocycles. The van der Waals surface area contributed by atoms with Gasteiger partial charge in [-0.15, -0.1) is 0 Å². The van der Waals surface area contributed by atoms with Crippen molar-refractivity contribution in [3.63, 3.8) is 0 Å². The maximum Gasteiger partial charge on any atom is 3.00 e. The number of phenols is 6. The summed E-state index contributed by atoms with van der Waals surface area (Å²) in [6.07, 6.45) is 0. The van der Waals surface area contributed by atoms with Crippen LogP contribution in [0.15, 0.2) is 146 Å². The van der Waals surface area contributed by atoms with Gasteiger partial charge in [0.2, 0.25) is 0 Å². The van der Waals surface area contributed by atoms with E-state index in [4.69, 9.17) is 17.2 Å². The van der Waals surface area contributed by atoms with Crippen LogP contribution in [0.2, 0.25) is 0 Å². The Morgan fingerprint density at radius 3 is 0.525 bits per heavy atom. The average Bonchev–Trinajstić information content (AvgIpc) is 3.38. The molecule has 24 nitrogen and oxygen atoms in total. The largest absolute Gasteiger partial charge is 3.00 e. The number of hydrogen-bond acceptors (Lipinski definition) is 24. The summed E-state index contributed by atoms with van der Waals surface area (Å²) in [5.41, 5.74) is 16.3. The number of carbonyl (C=O) groups excluding carboxylic acids is 6. The van der Waals surface area contributed by atoms with Gasteiger partial charge < -0.3 is 107 Å². The number of aromatic hydroxyl groups is 6. The van der Waals surface area contributed by atoms with Gasteiger partial charge in [0.15, 0.2) is 0 Å². The number of nitrogens with two attached hydrogens (primary N) is 3. The Bertz CT molecular complexity index is 2520. The first-order valence-corrected chi connectivity index (χ1v) is 23.4. The molecule has 0 spiro atoms. The summed E-state index contributed by atoms with van der Waals surface area (Å²) in [5.74, 6) is -11.8. The molecule has 0 amide bonds. The SMILES string of the molecule is NCCN(C(C(=O)[O-])c1ccccc1O)C(C(=O)[O-])c1ccccc1O.NCCN(C(C(=O)[O-])c1ccccc1O)C(C(=O)[O-])c1ccccc1O.NCCN(C(C(=O)[O-])c1ccccc1O)C(C(=O)[O-])c1ccccc1O.[Fe+3].[Fe+3]. The number of carboxylic acids is 6. The quantitative estimate of drug-likeness (QED) is 0.0260. The molecule has 6 rings (SSSR count). The zero-order valence-electron chi connectivity index (χ0n) is 41.9. The van der Waals surface area contributed by atoms with Crippen LogP contribution in [0.4, 0.5) is 0 Å². The minimum absolute atomic E-state index is 0. The molecule has 0 bridgehead atoms. The smallest absolute Gasteiger partial charge is 0.548 e. The molecule has 26 heteroatoms. The summed E-state index contributed by atoms with van der Waals surface area (Å²) < 4.78 is 0. The second-order valence-electron chi connectivity index (χ2n) is 16.8. The molecule has 6 aromatic rings. The molecule has 0 fully saturated rings. The average molecular weight is 1190 g/mol. The summed E-state index contributed by atoms with van der Waals surface area (Å²) in [7, 11) is 0. The number of phenolic OH excluding ortho intramolecular Hbond substituents is 6. The van der Waals surface area contributed by atoms with E-state index >= 15 is 0 Å². The molecule has 0 aliphatic rings. The number of nitrogens with zero attached hydrogens (tertiary/aromatic N) is 3. The number of benzene rings is 6. The van der Waals surface area contributed by atoms with Crippen molar-refractivity contribution in [2.24, 2.45) is 17.2 Å². The standard InChI is InChI=1S/3C18H20N2O6.2Fe/c3*19-9-10-20(15(17(23)24)11-5-1-3-7-13(11)21)16(18(25)26)12-6-2-4-8-14(12)22;;/h3*1-8,15-16,21-22H,9-10,19H2,(H,23,24)(H,25,26);;/q;;;2*+3/p-6. The van der Waals surface area contributed by atoms with Crippen molar-refractivity contribution in [1.29, 1.82) is 0 Å². The van der Waals surface area contributed by atoms with Gasteiger partial charge in [-0.3, -0.25) is 14.7 Å². The molecule has 424 valence electrons. The molecule has 0 heterocycles. The van der Waals surface area contributed by atoms with E-state index in [0.717, 1.165) is 14.7 Å². The van der Waals surface area contributed by atoms with Crippen molar-refractivity contribution in [2.45, 2.75) is 36.3 Å². The number of hydrogen-bond donors (Lipinski definition) is 9. The monoisotopic (exact) mass is 1190 g/mol. The van der Waals surface area contributed by atoms with Crippen LogP contribution in [0.3, 0.4) is 0 Å². The van der Waals surface area contributed by atoms with Crippen molar-refractivity contribution >= 4 is 35.8 Å². The van der Waals surface area contributed by atoms with E-state index in [2.05, 4.69) is 0 Å². The summed E-state index contributed by atoms with van der Waals surface area (Å²) >= 11 is 0. The molecule has 6 atom stereocenters. The van der Waals surface area contributed by atoms with Gasteiger partial charge in [-0.05, 0) is 36.4 Å². The van der Waals surface area contributed by atoms with Crippen LogP contribution >= 0.6 is 0 Å². The van der Waals surface area contributed by atoms with Crippen LogP contribution in [0.1, 0.15) is 69.6 Å². The molecule has 0 aliphatic carbocycles. The molecule has 2 radical (unpaired) electrons. The summed E-state index contributed by atoms with van der Waals surface area (Å²) in [5, 5.41) is 131. The van der Waals surface area contributed by atoms with Crippen molar-refractivity contribution in [3.8, 4) is 34.5 Å². The van der Waals surface area contributed by atoms with Crippen molar-refractivity contribution in [3.05, 3.63) is 179 Å². The Kier molecular flexibility index (Phi) is 27.6. The second-order valence-corrected chi connectivity index (χ2v) is 16.8. The number of para-hydroxylation sites is 6.